The van der Waals surface area contributed by atoms with Crippen molar-refractivity contribution in [3.05, 3.63) is 22.7 Å². The normalized spacial score (nSPS) is 22.0. The standard InChI is InChI=1S/C16H19ClO4/c1-15(2)20-12-8-10(11(17)9-13(12)21-15)16(14(18)19)6-4-3-5-7-16/h8-9H,3-7H2,1-2H3,(H,18,19). The van der Waals surface area contributed by atoms with Gasteiger partial charge in [0.1, 0.15) is 0 Å². The van der Waals surface area contributed by atoms with Crippen LogP contribution in [0.4, 0.5) is 0 Å². The molecule has 0 saturated heterocycles. The van der Waals surface area contributed by atoms with Gasteiger partial charge in [0.15, 0.2) is 11.5 Å². The molecule has 1 N–H and O–H groups in total. The molecule has 0 unspecified atom stereocenters. The fourth-order valence-corrected chi connectivity index (χ4v) is 3.70. The first kappa shape index (κ1) is 14.5. The van der Waals surface area contributed by atoms with Gasteiger partial charge in [0.2, 0.25) is 5.79 Å². The minimum Gasteiger partial charge on any atom is -0.481 e. The number of ether oxygens (including phenoxy) is 2. The molecule has 1 aromatic carbocycles. The van der Waals surface area contributed by atoms with E-state index in [1.54, 1.807) is 12.1 Å². The molecule has 1 aromatic rings. The van der Waals surface area contributed by atoms with Crippen LogP contribution in [0.15, 0.2) is 12.1 Å². The van der Waals surface area contributed by atoms with E-state index in [0.29, 0.717) is 34.9 Å². The van der Waals surface area contributed by atoms with E-state index in [-0.39, 0.29) is 0 Å². The summed E-state index contributed by atoms with van der Waals surface area (Å²) in [6.45, 7) is 3.63. The molecule has 21 heavy (non-hydrogen) atoms. The van der Waals surface area contributed by atoms with Crippen LogP contribution < -0.4 is 9.47 Å². The Morgan fingerprint density at radius 2 is 1.71 bits per heavy atom. The van der Waals surface area contributed by atoms with Crippen molar-refractivity contribution < 1.29 is 19.4 Å². The lowest BCUT2D eigenvalue weighted by Crippen LogP contribution is -2.38. The first-order valence-electron chi connectivity index (χ1n) is 7.30. The zero-order valence-corrected chi connectivity index (χ0v) is 13.0. The Bertz CT molecular complexity index is 588. The zero-order valence-electron chi connectivity index (χ0n) is 12.2. The highest BCUT2D eigenvalue weighted by molar-refractivity contribution is 6.32. The van der Waals surface area contributed by atoms with Crippen molar-refractivity contribution in [1.29, 1.82) is 0 Å². The molecular weight excluding hydrogens is 292 g/mol. The molecule has 0 amide bonds. The van der Waals surface area contributed by atoms with E-state index in [4.69, 9.17) is 21.1 Å². The number of rotatable bonds is 2. The zero-order chi connectivity index (χ0) is 15.3. The molecule has 1 saturated carbocycles. The molecule has 0 bridgehead atoms. The van der Waals surface area contributed by atoms with Crippen LogP contribution in [-0.2, 0) is 10.2 Å². The summed E-state index contributed by atoms with van der Waals surface area (Å²) in [5.74, 6) is -0.398. The molecular formula is C16H19ClO4. The maximum Gasteiger partial charge on any atom is 0.314 e. The lowest BCUT2D eigenvalue weighted by Gasteiger charge is -2.34. The van der Waals surface area contributed by atoms with E-state index in [1.165, 1.54) is 0 Å². The number of fused-ring (bicyclic) bond motifs is 1. The molecule has 5 heteroatoms. The van der Waals surface area contributed by atoms with Gasteiger partial charge in [-0.25, -0.2) is 0 Å². The van der Waals surface area contributed by atoms with Gasteiger partial charge in [-0.05, 0) is 24.5 Å². The Morgan fingerprint density at radius 3 is 2.29 bits per heavy atom. The fraction of sp³-hybridized carbons (Fsp3) is 0.562. The Kier molecular flexibility index (Phi) is 3.32. The second-order valence-corrected chi connectivity index (χ2v) is 6.74. The summed E-state index contributed by atoms with van der Waals surface area (Å²) >= 11 is 6.37. The van der Waals surface area contributed by atoms with Gasteiger partial charge >= 0.3 is 5.97 Å². The smallest absolute Gasteiger partial charge is 0.314 e. The SMILES string of the molecule is CC1(C)Oc2cc(Cl)c(C3(C(=O)O)CCCCC3)cc2O1. The molecule has 0 aromatic heterocycles. The molecule has 4 nitrogen and oxygen atoms in total. The van der Waals surface area contributed by atoms with Crippen molar-refractivity contribution in [3.63, 3.8) is 0 Å². The summed E-state index contributed by atoms with van der Waals surface area (Å²) in [6, 6.07) is 3.44. The largest absolute Gasteiger partial charge is 0.481 e. The van der Waals surface area contributed by atoms with Crippen LogP contribution in [0.5, 0.6) is 11.5 Å². The monoisotopic (exact) mass is 310 g/mol. The lowest BCUT2D eigenvalue weighted by molar-refractivity contribution is -0.145. The van der Waals surface area contributed by atoms with Gasteiger partial charge in [0.05, 0.1) is 5.41 Å². The maximum atomic E-state index is 11.9. The minimum absolute atomic E-state index is 0.444. The van der Waals surface area contributed by atoms with E-state index >= 15 is 0 Å². The highest BCUT2D eigenvalue weighted by Gasteiger charge is 2.44. The first-order valence-corrected chi connectivity index (χ1v) is 7.67. The topological polar surface area (TPSA) is 55.8 Å². The second-order valence-electron chi connectivity index (χ2n) is 6.33. The van der Waals surface area contributed by atoms with Crippen LogP contribution in [-0.4, -0.2) is 16.9 Å². The van der Waals surface area contributed by atoms with Crippen LogP contribution in [0.3, 0.4) is 0 Å². The Labute approximate surface area is 129 Å². The van der Waals surface area contributed by atoms with Crippen LogP contribution in [0, 0.1) is 0 Å². The van der Waals surface area contributed by atoms with E-state index in [2.05, 4.69) is 0 Å². The van der Waals surface area contributed by atoms with Crippen LogP contribution in [0.25, 0.3) is 0 Å². The molecule has 0 spiro atoms. The molecule has 114 valence electrons. The fourth-order valence-electron chi connectivity index (χ4n) is 3.37. The van der Waals surface area contributed by atoms with Crippen molar-refractivity contribution in [2.75, 3.05) is 0 Å². The van der Waals surface area contributed by atoms with Crippen LogP contribution >= 0.6 is 11.6 Å². The van der Waals surface area contributed by atoms with Gasteiger partial charge in [0.25, 0.3) is 0 Å². The van der Waals surface area contributed by atoms with Crippen molar-refractivity contribution >= 4 is 17.6 Å². The summed E-state index contributed by atoms with van der Waals surface area (Å²) in [6.07, 6.45) is 4.12. The molecule has 1 heterocycles. The third-order valence-corrected chi connectivity index (χ3v) is 4.69. The van der Waals surface area contributed by atoms with Gasteiger partial charge in [-0.15, -0.1) is 0 Å². The molecule has 0 radical (unpaired) electrons. The number of hydrogen-bond donors (Lipinski definition) is 1. The molecule has 1 aliphatic heterocycles. The number of carboxylic acid groups (broad SMARTS) is 1. The summed E-state index contributed by atoms with van der Waals surface area (Å²) in [4.78, 5) is 11.9. The second kappa shape index (κ2) is 4.80. The van der Waals surface area contributed by atoms with Gasteiger partial charge in [-0.2, -0.15) is 0 Å². The van der Waals surface area contributed by atoms with Crippen molar-refractivity contribution in [1.82, 2.24) is 0 Å². The number of hydrogen-bond acceptors (Lipinski definition) is 3. The predicted molar refractivity (Wildman–Crippen MR) is 79.2 cm³/mol. The number of carboxylic acids is 1. The van der Waals surface area contributed by atoms with Crippen LogP contribution in [0.1, 0.15) is 51.5 Å². The van der Waals surface area contributed by atoms with E-state index < -0.39 is 17.2 Å². The average molecular weight is 311 g/mol. The van der Waals surface area contributed by atoms with Crippen molar-refractivity contribution in [2.45, 2.75) is 57.2 Å². The summed E-state index contributed by atoms with van der Waals surface area (Å²) in [7, 11) is 0. The molecule has 3 rings (SSSR count). The molecule has 0 atom stereocenters. The summed E-state index contributed by atoms with van der Waals surface area (Å²) in [5.41, 5.74) is -0.253. The number of halogens is 1. The van der Waals surface area contributed by atoms with Crippen molar-refractivity contribution in [2.24, 2.45) is 0 Å². The van der Waals surface area contributed by atoms with E-state index in [9.17, 15) is 9.90 Å². The predicted octanol–water partition coefficient (Wildman–Crippen LogP) is 4.13. The van der Waals surface area contributed by atoms with Gasteiger partial charge in [-0.1, -0.05) is 30.9 Å². The molecule has 1 fully saturated rings. The number of benzene rings is 1. The van der Waals surface area contributed by atoms with Crippen molar-refractivity contribution in [3.8, 4) is 11.5 Å². The van der Waals surface area contributed by atoms with Gasteiger partial charge in [-0.3, -0.25) is 4.79 Å². The molecule has 2 aliphatic rings. The first-order chi connectivity index (χ1) is 9.84. The third-order valence-electron chi connectivity index (χ3n) is 4.38. The maximum absolute atomic E-state index is 11.9. The third kappa shape index (κ3) is 2.35. The highest BCUT2D eigenvalue weighted by atomic mass is 35.5. The Hall–Kier alpha value is -1.42. The summed E-state index contributed by atoms with van der Waals surface area (Å²) in [5, 5.41) is 10.2. The quantitative estimate of drug-likeness (QED) is 0.892. The highest BCUT2D eigenvalue weighted by Crippen LogP contribution is 2.49. The van der Waals surface area contributed by atoms with Gasteiger partial charge in [0, 0.05) is 24.9 Å². The average Bonchev–Trinajstić information content (AvgIpc) is 2.71. The minimum atomic E-state index is -0.902. The number of carbonyl (C=O) groups is 1. The van der Waals surface area contributed by atoms with E-state index in [1.807, 2.05) is 13.8 Å². The van der Waals surface area contributed by atoms with E-state index in [0.717, 1.165) is 19.3 Å². The Morgan fingerprint density at radius 1 is 1.14 bits per heavy atom. The van der Waals surface area contributed by atoms with Crippen LogP contribution in [0.2, 0.25) is 5.02 Å². The molecule has 1 aliphatic carbocycles. The number of aliphatic carboxylic acids is 1. The Balaban J connectivity index is 2.08. The van der Waals surface area contributed by atoms with Gasteiger partial charge < -0.3 is 14.6 Å². The lowest BCUT2D eigenvalue weighted by atomic mass is 9.69. The summed E-state index contributed by atoms with van der Waals surface area (Å²) < 4.78 is 11.4.